The van der Waals surface area contributed by atoms with E-state index < -0.39 is 7.81 Å². The normalized spacial score (nSPS) is 20.2. The molecule has 0 saturated heterocycles. The third-order valence-corrected chi connectivity index (χ3v) is 0. The van der Waals surface area contributed by atoms with Crippen LogP contribution in [-0.2, 0) is 0 Å². The van der Waals surface area contributed by atoms with Crippen molar-refractivity contribution in [2.45, 2.75) is 0 Å². The third kappa shape index (κ3) is 161. The Bertz CT molecular complexity index is 71.6. The van der Waals surface area contributed by atoms with E-state index in [9.17, 15) is 25.2 Å². The minimum Gasteiger partial charge on any atom is 0 e. The molecule has 8 heteroatoms. The van der Waals surface area contributed by atoms with Gasteiger partial charge in [0.1, 0.15) is 0 Å². The summed E-state index contributed by atoms with van der Waals surface area (Å²) < 4.78 is 59.2. The van der Waals surface area contributed by atoms with Gasteiger partial charge in [-0.2, -0.15) is 0 Å². The van der Waals surface area contributed by atoms with Crippen LogP contribution in [0, 0.1) is 40.8 Å². The van der Waals surface area contributed by atoms with E-state index in [0.717, 1.165) is 0 Å². The fourth-order valence-electron chi connectivity index (χ4n) is 0. The molecule has 0 aliphatic rings. The van der Waals surface area contributed by atoms with Gasteiger partial charge in [0, 0.05) is 40.8 Å². The fraction of sp³-hybridized carbons (Fsp3) is 0. The molecule has 0 aromatic rings. The average molecular weight is 290 g/mol. The van der Waals surface area contributed by atoms with E-state index in [-0.39, 0.29) is 42.3 Å². The van der Waals surface area contributed by atoms with E-state index in [0.29, 0.717) is 0 Å². The predicted molar refractivity (Wildman–Crippen MR) is 14.7 cm³/mol. The summed E-state index contributed by atoms with van der Waals surface area (Å²) in [4.78, 5) is 0. The van der Waals surface area contributed by atoms with E-state index >= 15 is 0 Å². The molecule has 0 aliphatic heterocycles. The van der Waals surface area contributed by atoms with Gasteiger partial charge in [-0.3, -0.25) is 0 Å². The minimum atomic E-state index is -10.7. The van der Waals surface area contributed by atoms with Gasteiger partial charge in [0.15, 0.2) is 0 Å². The van der Waals surface area contributed by atoms with Crippen molar-refractivity contribution in [1.82, 2.24) is 0 Å². The van der Waals surface area contributed by atoms with Crippen molar-refractivity contribution >= 4 is 7.81 Å². The van der Waals surface area contributed by atoms with E-state index in [1.54, 1.807) is 0 Å². The first-order valence-corrected chi connectivity index (χ1v) is 3.04. The first-order valence-electron chi connectivity index (χ1n) is 1.01. The monoisotopic (exact) mass is 288 g/mol. The van der Waals surface area contributed by atoms with E-state index in [2.05, 4.69) is 0 Å². The largest absolute Gasteiger partial charge is 1.00 e. The topological polar surface area (TPSA) is 0 Å². The van der Waals surface area contributed by atoms with Crippen LogP contribution in [0.4, 0.5) is 25.2 Å². The van der Waals surface area contributed by atoms with Gasteiger partial charge in [-0.25, -0.2) is 0 Å². The van der Waals surface area contributed by atoms with Crippen LogP contribution in [0.2, 0.25) is 0 Å². The third-order valence-electron chi connectivity index (χ3n) is 0. The molecule has 0 aromatic carbocycles. The molecule has 0 aliphatic carbocycles. The quantitative estimate of drug-likeness (QED) is 0.473. The maximum atomic E-state index is 9.87. The van der Waals surface area contributed by atoms with Crippen molar-refractivity contribution in [2.75, 3.05) is 0 Å². The Morgan fingerprint density at radius 1 is 0.750 bits per heavy atom. The summed E-state index contributed by atoms with van der Waals surface area (Å²) in [6.45, 7) is 0. The van der Waals surface area contributed by atoms with Gasteiger partial charge in [-0.05, 0) is 0 Å². The van der Waals surface area contributed by atoms with Gasteiger partial charge in [-0.1, -0.05) is 0 Å². The smallest absolute Gasteiger partial charge is 0 e. The second-order valence-corrected chi connectivity index (χ2v) is 2.87. The molecule has 0 heterocycles. The standard InChI is InChI=1S/F6P.Nd/c1-7(2,3,4,5)6;/q-1;/p+1. The Kier molecular flexibility index (Phi) is 2.55. The summed E-state index contributed by atoms with van der Waals surface area (Å²) in [5.74, 6) is 0. The molecule has 0 radical (unpaired) electrons. The Hall–Kier alpha value is 1.36. The molecule has 0 saturated carbocycles. The summed E-state index contributed by atoms with van der Waals surface area (Å²) in [6.07, 6.45) is 0. The van der Waals surface area contributed by atoms with Crippen molar-refractivity contribution < 1.29 is 67.4 Å². The maximum Gasteiger partial charge on any atom is 1.00 e. The molecule has 8 heavy (non-hydrogen) atoms. The molecule has 0 fully saturated rings. The minimum absolute atomic E-state index is 0. The van der Waals surface area contributed by atoms with Crippen LogP contribution in [0.3, 0.4) is 0 Å². The van der Waals surface area contributed by atoms with Gasteiger partial charge in [-0.15, -0.1) is 0 Å². The molecule has 0 N–H and O–H groups in total. The van der Waals surface area contributed by atoms with Crippen LogP contribution < -0.4 is 0 Å². The second kappa shape index (κ2) is 1.69. The van der Waals surface area contributed by atoms with Gasteiger partial charge in [0.05, 0.1) is 0 Å². The van der Waals surface area contributed by atoms with E-state index in [1.165, 1.54) is 0 Å². The first-order chi connectivity index (χ1) is 2.45. The van der Waals surface area contributed by atoms with Crippen molar-refractivity contribution in [3.8, 4) is 0 Å². The van der Waals surface area contributed by atoms with Crippen molar-refractivity contribution in [2.24, 2.45) is 0 Å². The van der Waals surface area contributed by atoms with Gasteiger partial charge in [0.25, 0.3) is 0 Å². The molecular formula is HF6NdP. The summed E-state index contributed by atoms with van der Waals surface area (Å²) >= 11 is 0. The molecular weight excluding hydrogens is 289 g/mol. The molecule has 0 nitrogen and oxygen atoms in total. The van der Waals surface area contributed by atoms with Crippen molar-refractivity contribution in [3.63, 3.8) is 0 Å². The van der Waals surface area contributed by atoms with Crippen LogP contribution >= 0.6 is 7.81 Å². The zero-order valence-corrected chi connectivity index (χ0v) is 7.32. The maximum absolute atomic E-state index is 10.7. The molecule has 0 amide bonds. The Morgan fingerprint density at radius 3 is 0.750 bits per heavy atom. The molecule has 0 spiro atoms. The second-order valence-electron chi connectivity index (χ2n) is 0.958. The Morgan fingerprint density at radius 2 is 0.750 bits per heavy atom. The average Bonchev–Trinajstić information content (AvgIpc) is 0.592. The van der Waals surface area contributed by atoms with Crippen LogP contribution in [-0.4, -0.2) is 0 Å². The Labute approximate surface area is 74.9 Å². The van der Waals surface area contributed by atoms with Gasteiger partial charge < -0.3 is 0 Å². The zero-order chi connectivity index (χ0) is 6.41. The predicted octanol–water partition coefficient (Wildman–Crippen LogP) is 3.49. The SMILES string of the molecule is F[P-](F)(F)(F)(F)F.[H+].[Nd]. The van der Waals surface area contributed by atoms with Crippen LogP contribution in [0.5, 0.6) is 0 Å². The van der Waals surface area contributed by atoms with Crippen LogP contribution in [0.1, 0.15) is 1.43 Å². The number of hydrogen-bond donors (Lipinski definition) is 0. The van der Waals surface area contributed by atoms with Crippen LogP contribution in [0.15, 0.2) is 0 Å². The van der Waals surface area contributed by atoms with Crippen molar-refractivity contribution in [3.05, 3.63) is 0 Å². The molecule has 52 valence electrons. The van der Waals surface area contributed by atoms with Crippen LogP contribution in [0.25, 0.3) is 0 Å². The van der Waals surface area contributed by atoms with E-state index in [1.807, 2.05) is 0 Å². The van der Waals surface area contributed by atoms with E-state index in [4.69, 9.17) is 0 Å². The van der Waals surface area contributed by atoms with Gasteiger partial charge in [0.2, 0.25) is 0 Å². The zero-order valence-electron chi connectivity index (χ0n) is 4.22. The molecule has 0 aromatic heterocycles. The molecule has 0 atom stereocenters. The molecule has 0 rings (SSSR count). The summed E-state index contributed by atoms with van der Waals surface area (Å²) in [5.41, 5.74) is 0. The number of halogens is 6. The summed E-state index contributed by atoms with van der Waals surface area (Å²) in [6, 6.07) is 0. The Balaban J connectivity index is -0.000000180. The number of hydrogen-bond acceptors (Lipinski definition) is 0. The molecule has 0 bridgehead atoms. The van der Waals surface area contributed by atoms with Crippen molar-refractivity contribution in [1.29, 1.82) is 0 Å². The first kappa shape index (κ1) is 12.1. The van der Waals surface area contributed by atoms with Gasteiger partial charge >= 0.3 is 34.4 Å². The fourth-order valence-corrected chi connectivity index (χ4v) is 0. The molecule has 0 unspecified atom stereocenters. The number of rotatable bonds is 0. The summed E-state index contributed by atoms with van der Waals surface area (Å²) in [7, 11) is -10.7. The summed E-state index contributed by atoms with van der Waals surface area (Å²) in [5, 5.41) is 0.